The molecule has 0 aromatic heterocycles. The molecule has 8 nitrogen and oxygen atoms in total. The van der Waals surface area contributed by atoms with E-state index >= 15 is 0 Å². The first-order chi connectivity index (χ1) is 15.6. The predicted octanol–water partition coefficient (Wildman–Crippen LogP) is 2.17. The molecule has 3 amide bonds. The van der Waals surface area contributed by atoms with Gasteiger partial charge in [0, 0.05) is 50.7 Å². The Morgan fingerprint density at radius 2 is 1.53 bits per heavy atom. The van der Waals surface area contributed by atoms with Gasteiger partial charge in [-0.2, -0.15) is 0 Å². The number of carbonyl (C=O) groups is 3. The van der Waals surface area contributed by atoms with Crippen molar-refractivity contribution in [1.82, 2.24) is 14.7 Å². The largest absolute Gasteiger partial charge is 0.490 e. The Morgan fingerprint density at radius 1 is 0.844 bits per heavy atom. The van der Waals surface area contributed by atoms with E-state index in [9.17, 15) is 14.4 Å². The summed E-state index contributed by atoms with van der Waals surface area (Å²) >= 11 is 0. The first-order valence-electron chi connectivity index (χ1n) is 11.8. The molecule has 0 spiro atoms. The highest BCUT2D eigenvalue weighted by molar-refractivity contribution is 5.95. The highest BCUT2D eigenvalue weighted by Gasteiger charge is 2.35. The van der Waals surface area contributed by atoms with Gasteiger partial charge < -0.3 is 24.2 Å². The summed E-state index contributed by atoms with van der Waals surface area (Å²) in [7, 11) is 0. The summed E-state index contributed by atoms with van der Waals surface area (Å²) in [5, 5.41) is 0. The Morgan fingerprint density at radius 3 is 2.19 bits per heavy atom. The zero-order chi connectivity index (χ0) is 22.5. The summed E-state index contributed by atoms with van der Waals surface area (Å²) in [4.78, 5) is 43.2. The molecule has 0 bridgehead atoms. The van der Waals surface area contributed by atoms with Crippen molar-refractivity contribution in [3.8, 4) is 11.5 Å². The number of benzene rings is 1. The number of hydrogen-bond donors (Lipinski definition) is 0. The smallest absolute Gasteiger partial charge is 0.260 e. The lowest BCUT2D eigenvalue weighted by Crippen LogP contribution is -2.51. The van der Waals surface area contributed by atoms with Crippen molar-refractivity contribution < 1.29 is 23.9 Å². The fraction of sp³-hybridized carbons (Fsp3) is 0.625. The number of nitrogens with zero attached hydrogens (tertiary/aromatic N) is 3. The van der Waals surface area contributed by atoms with Gasteiger partial charge in [-0.1, -0.05) is 0 Å². The minimum Gasteiger partial charge on any atom is -0.490 e. The van der Waals surface area contributed by atoms with Crippen LogP contribution in [-0.2, 0) is 9.59 Å². The van der Waals surface area contributed by atoms with Crippen molar-refractivity contribution in [3.05, 3.63) is 23.8 Å². The predicted molar refractivity (Wildman–Crippen MR) is 119 cm³/mol. The number of piperazine rings is 1. The number of likely N-dealkylation sites (tertiary alicyclic amines) is 1. The van der Waals surface area contributed by atoms with E-state index in [-0.39, 0.29) is 30.2 Å². The van der Waals surface area contributed by atoms with E-state index in [0.717, 1.165) is 38.8 Å². The summed E-state index contributed by atoms with van der Waals surface area (Å²) in [6, 6.07) is 5.11. The molecule has 2 saturated heterocycles. The quantitative estimate of drug-likeness (QED) is 0.645. The van der Waals surface area contributed by atoms with Gasteiger partial charge in [-0.3, -0.25) is 14.4 Å². The second-order valence-corrected chi connectivity index (χ2v) is 8.72. The molecule has 32 heavy (non-hydrogen) atoms. The molecule has 0 N–H and O–H groups in total. The molecule has 3 fully saturated rings. The van der Waals surface area contributed by atoms with Gasteiger partial charge in [0.05, 0.1) is 6.61 Å². The normalized spacial score (nSPS) is 19.0. The number of rotatable bonds is 7. The van der Waals surface area contributed by atoms with E-state index in [1.807, 2.05) is 16.7 Å². The van der Waals surface area contributed by atoms with Crippen LogP contribution in [-0.4, -0.2) is 84.9 Å². The lowest BCUT2D eigenvalue weighted by molar-refractivity contribution is -0.134. The Labute approximate surface area is 189 Å². The molecule has 1 aromatic rings. The zero-order valence-electron chi connectivity index (χ0n) is 18.9. The van der Waals surface area contributed by atoms with E-state index in [0.29, 0.717) is 49.8 Å². The molecule has 4 rings (SSSR count). The molecule has 8 heteroatoms. The number of ether oxygens (including phenoxy) is 2. The fourth-order valence-corrected chi connectivity index (χ4v) is 4.30. The van der Waals surface area contributed by atoms with Crippen molar-refractivity contribution in [2.75, 3.05) is 52.5 Å². The number of amides is 3. The first-order valence-corrected chi connectivity index (χ1v) is 11.8. The van der Waals surface area contributed by atoms with Crippen molar-refractivity contribution in [1.29, 1.82) is 0 Å². The Hall–Kier alpha value is -2.77. The van der Waals surface area contributed by atoms with Crippen LogP contribution in [0.1, 0.15) is 49.4 Å². The van der Waals surface area contributed by atoms with E-state index in [4.69, 9.17) is 9.47 Å². The topological polar surface area (TPSA) is 79.4 Å². The average Bonchev–Trinajstić information content (AvgIpc) is 3.68. The van der Waals surface area contributed by atoms with Crippen LogP contribution in [0, 0.1) is 5.92 Å². The van der Waals surface area contributed by atoms with Crippen LogP contribution in [0.25, 0.3) is 0 Å². The van der Waals surface area contributed by atoms with Crippen molar-refractivity contribution in [2.24, 2.45) is 5.92 Å². The van der Waals surface area contributed by atoms with Gasteiger partial charge in [0.1, 0.15) is 0 Å². The zero-order valence-corrected chi connectivity index (χ0v) is 18.9. The van der Waals surface area contributed by atoms with E-state index in [2.05, 4.69) is 0 Å². The van der Waals surface area contributed by atoms with Gasteiger partial charge in [-0.05, 0) is 57.2 Å². The minimum atomic E-state index is -0.0829. The lowest BCUT2D eigenvalue weighted by atomic mass is 10.1. The summed E-state index contributed by atoms with van der Waals surface area (Å²) in [5.74, 6) is 1.27. The number of carbonyl (C=O) groups excluding carboxylic acids is 3. The second-order valence-electron chi connectivity index (χ2n) is 8.72. The van der Waals surface area contributed by atoms with E-state index in [1.54, 1.807) is 23.1 Å². The number of hydrogen-bond acceptors (Lipinski definition) is 5. The monoisotopic (exact) mass is 443 g/mol. The Balaban J connectivity index is 1.35. The van der Waals surface area contributed by atoms with E-state index in [1.165, 1.54) is 6.42 Å². The molecule has 0 radical (unpaired) electrons. The second kappa shape index (κ2) is 10.2. The lowest BCUT2D eigenvalue weighted by Gasteiger charge is -2.35. The molecule has 3 aliphatic rings. The summed E-state index contributed by atoms with van der Waals surface area (Å²) in [6.07, 6.45) is 5.23. The Kier molecular flexibility index (Phi) is 7.17. The van der Waals surface area contributed by atoms with Crippen LogP contribution in [0.15, 0.2) is 18.2 Å². The third-order valence-corrected chi connectivity index (χ3v) is 6.36. The Bertz CT molecular complexity index is 840. The number of piperidine rings is 1. The first kappa shape index (κ1) is 22.4. The van der Waals surface area contributed by atoms with Crippen LogP contribution in [0.4, 0.5) is 0 Å². The third kappa shape index (κ3) is 5.34. The molecule has 174 valence electrons. The summed E-state index contributed by atoms with van der Waals surface area (Å²) in [6.45, 7) is 6.06. The molecule has 2 aliphatic heterocycles. The SMILES string of the molecule is CCOc1cc(C(=O)N2CCN(C(=O)C3CC3)CC2)ccc1OCC(=O)N1CCCCC1. The average molecular weight is 444 g/mol. The maximum Gasteiger partial charge on any atom is 0.260 e. The van der Waals surface area contributed by atoms with Gasteiger partial charge in [0.2, 0.25) is 5.91 Å². The van der Waals surface area contributed by atoms with Gasteiger partial charge in [-0.15, -0.1) is 0 Å². The van der Waals surface area contributed by atoms with Crippen molar-refractivity contribution >= 4 is 17.7 Å². The third-order valence-electron chi connectivity index (χ3n) is 6.36. The van der Waals surface area contributed by atoms with Crippen LogP contribution in [0.5, 0.6) is 11.5 Å². The van der Waals surface area contributed by atoms with E-state index < -0.39 is 0 Å². The minimum absolute atomic E-state index is 0.0223. The summed E-state index contributed by atoms with van der Waals surface area (Å²) in [5.41, 5.74) is 0.519. The van der Waals surface area contributed by atoms with Crippen molar-refractivity contribution in [2.45, 2.75) is 39.0 Å². The highest BCUT2D eigenvalue weighted by atomic mass is 16.5. The van der Waals surface area contributed by atoms with Crippen molar-refractivity contribution in [3.63, 3.8) is 0 Å². The van der Waals surface area contributed by atoms with Gasteiger partial charge in [0.25, 0.3) is 11.8 Å². The van der Waals surface area contributed by atoms with Gasteiger partial charge in [0.15, 0.2) is 18.1 Å². The van der Waals surface area contributed by atoms with Gasteiger partial charge in [-0.25, -0.2) is 0 Å². The molecule has 1 aliphatic carbocycles. The molecule has 0 atom stereocenters. The maximum absolute atomic E-state index is 13.0. The van der Waals surface area contributed by atoms with Crippen LogP contribution in [0.3, 0.4) is 0 Å². The molecular formula is C24H33N3O5. The van der Waals surface area contributed by atoms with Gasteiger partial charge >= 0.3 is 0 Å². The summed E-state index contributed by atoms with van der Waals surface area (Å²) < 4.78 is 11.5. The fourth-order valence-electron chi connectivity index (χ4n) is 4.30. The molecular weight excluding hydrogens is 410 g/mol. The van der Waals surface area contributed by atoms with Crippen LogP contribution >= 0.6 is 0 Å². The standard InChI is InChI=1S/C24H33N3O5/c1-2-31-21-16-19(8-9-20(21)32-17-22(28)25-10-4-3-5-11-25)24(30)27-14-12-26(13-15-27)23(29)18-6-7-18/h8-9,16,18H,2-7,10-15,17H2,1H3. The molecule has 1 saturated carbocycles. The van der Waals surface area contributed by atoms with Crippen LogP contribution < -0.4 is 9.47 Å². The molecule has 1 aromatic carbocycles. The maximum atomic E-state index is 13.0. The molecule has 2 heterocycles. The highest BCUT2D eigenvalue weighted by Crippen LogP contribution is 2.32. The van der Waals surface area contributed by atoms with Crippen LogP contribution in [0.2, 0.25) is 0 Å². The molecule has 0 unspecified atom stereocenters.